The highest BCUT2D eigenvalue weighted by Gasteiger charge is 2.20. The third kappa shape index (κ3) is 4.48. The normalized spacial score (nSPS) is 10.8. The molecule has 1 aromatic heterocycles. The van der Waals surface area contributed by atoms with Gasteiger partial charge in [0, 0.05) is 19.5 Å². The second-order valence-electron chi connectivity index (χ2n) is 6.62. The largest absolute Gasteiger partial charge is 0.497 e. The Morgan fingerprint density at radius 3 is 2.19 bits per heavy atom. The number of methoxy groups -OCH3 is 1. The van der Waals surface area contributed by atoms with Crippen molar-refractivity contribution < 1.29 is 4.74 Å². The van der Waals surface area contributed by atoms with Gasteiger partial charge in [-0.25, -0.2) is 0 Å². The van der Waals surface area contributed by atoms with Gasteiger partial charge in [0.15, 0.2) is 5.82 Å². The van der Waals surface area contributed by atoms with Crippen LogP contribution in [0.15, 0.2) is 54.6 Å². The SMILES string of the molecule is CCCN(CCC)c1c(Cc2ccc(OC)cc2)nnn1-c1ccccc1. The molecular weight excluding hydrogens is 336 g/mol. The van der Waals surface area contributed by atoms with Gasteiger partial charge >= 0.3 is 0 Å². The first-order chi connectivity index (χ1) is 13.3. The Labute approximate surface area is 161 Å². The Morgan fingerprint density at radius 2 is 1.59 bits per heavy atom. The molecular formula is C22H28N4O. The molecule has 0 radical (unpaired) electrons. The predicted octanol–water partition coefficient (Wildman–Crippen LogP) is 4.49. The van der Waals surface area contributed by atoms with Crippen LogP contribution in [0.4, 0.5) is 5.82 Å². The second-order valence-corrected chi connectivity index (χ2v) is 6.62. The molecule has 5 nitrogen and oxygen atoms in total. The maximum atomic E-state index is 5.27. The zero-order chi connectivity index (χ0) is 19.1. The summed E-state index contributed by atoms with van der Waals surface area (Å²) in [6, 6.07) is 18.4. The zero-order valence-electron chi connectivity index (χ0n) is 16.4. The van der Waals surface area contributed by atoms with Crippen LogP contribution in [-0.4, -0.2) is 35.2 Å². The monoisotopic (exact) mass is 364 g/mol. The minimum absolute atomic E-state index is 0.746. The van der Waals surface area contributed by atoms with Gasteiger partial charge in [-0.15, -0.1) is 5.10 Å². The number of hydrogen-bond acceptors (Lipinski definition) is 4. The number of nitrogens with zero attached hydrogens (tertiary/aromatic N) is 4. The molecule has 0 N–H and O–H groups in total. The zero-order valence-corrected chi connectivity index (χ0v) is 16.4. The van der Waals surface area contributed by atoms with Crippen molar-refractivity contribution >= 4 is 5.82 Å². The van der Waals surface area contributed by atoms with Crippen molar-refractivity contribution in [2.24, 2.45) is 0 Å². The van der Waals surface area contributed by atoms with E-state index in [4.69, 9.17) is 4.74 Å². The molecule has 0 atom stereocenters. The van der Waals surface area contributed by atoms with E-state index >= 15 is 0 Å². The Hall–Kier alpha value is -2.82. The first kappa shape index (κ1) is 19.0. The van der Waals surface area contributed by atoms with Crippen LogP contribution in [0.25, 0.3) is 5.69 Å². The molecule has 2 aromatic carbocycles. The van der Waals surface area contributed by atoms with Crippen molar-refractivity contribution in [2.75, 3.05) is 25.1 Å². The average Bonchev–Trinajstić information content (AvgIpc) is 3.12. The molecule has 5 heteroatoms. The van der Waals surface area contributed by atoms with Gasteiger partial charge in [-0.2, -0.15) is 4.68 Å². The van der Waals surface area contributed by atoms with Gasteiger partial charge in [0.1, 0.15) is 11.4 Å². The van der Waals surface area contributed by atoms with Gasteiger partial charge in [0.25, 0.3) is 0 Å². The van der Waals surface area contributed by atoms with Crippen molar-refractivity contribution in [3.05, 3.63) is 65.9 Å². The molecule has 142 valence electrons. The molecule has 27 heavy (non-hydrogen) atoms. The highest BCUT2D eigenvalue weighted by Crippen LogP contribution is 2.26. The molecule has 0 amide bonds. The average molecular weight is 364 g/mol. The molecule has 0 aliphatic rings. The third-order valence-corrected chi connectivity index (χ3v) is 4.53. The summed E-state index contributed by atoms with van der Waals surface area (Å²) in [6.45, 7) is 6.40. The van der Waals surface area contributed by atoms with Gasteiger partial charge in [0.05, 0.1) is 12.8 Å². The molecule has 0 spiro atoms. The van der Waals surface area contributed by atoms with Crippen LogP contribution in [0, 0.1) is 0 Å². The quantitative estimate of drug-likeness (QED) is 0.561. The number of anilines is 1. The maximum Gasteiger partial charge on any atom is 0.156 e. The Bertz CT molecular complexity index is 821. The van der Waals surface area contributed by atoms with Crippen LogP contribution in [0.1, 0.15) is 37.9 Å². The summed E-state index contributed by atoms with van der Waals surface area (Å²) in [5.74, 6) is 1.96. The number of para-hydroxylation sites is 1. The van der Waals surface area contributed by atoms with Crippen LogP contribution < -0.4 is 9.64 Å². The van der Waals surface area contributed by atoms with Crippen LogP contribution >= 0.6 is 0 Å². The molecule has 3 rings (SSSR count). The lowest BCUT2D eigenvalue weighted by Gasteiger charge is -2.25. The summed E-state index contributed by atoms with van der Waals surface area (Å²) < 4.78 is 7.24. The molecule has 0 saturated heterocycles. The van der Waals surface area contributed by atoms with E-state index in [1.54, 1.807) is 7.11 Å². The summed E-state index contributed by atoms with van der Waals surface area (Å²) in [4.78, 5) is 2.41. The summed E-state index contributed by atoms with van der Waals surface area (Å²) in [5, 5.41) is 9.06. The first-order valence-electron chi connectivity index (χ1n) is 9.64. The van der Waals surface area contributed by atoms with E-state index in [1.165, 1.54) is 5.56 Å². The fourth-order valence-corrected chi connectivity index (χ4v) is 3.28. The Balaban J connectivity index is 2.00. The molecule has 0 saturated carbocycles. The minimum Gasteiger partial charge on any atom is -0.497 e. The Kier molecular flexibility index (Phi) is 6.47. The lowest BCUT2D eigenvalue weighted by molar-refractivity contribution is 0.414. The van der Waals surface area contributed by atoms with Crippen molar-refractivity contribution in [3.8, 4) is 11.4 Å². The van der Waals surface area contributed by atoms with Crippen molar-refractivity contribution in [1.29, 1.82) is 0 Å². The smallest absolute Gasteiger partial charge is 0.156 e. The van der Waals surface area contributed by atoms with Gasteiger partial charge < -0.3 is 9.64 Å². The van der Waals surface area contributed by atoms with E-state index in [9.17, 15) is 0 Å². The van der Waals surface area contributed by atoms with Crippen LogP contribution in [0.2, 0.25) is 0 Å². The third-order valence-electron chi connectivity index (χ3n) is 4.53. The highest BCUT2D eigenvalue weighted by atomic mass is 16.5. The lowest BCUT2D eigenvalue weighted by Crippen LogP contribution is -2.28. The summed E-state index contributed by atoms with van der Waals surface area (Å²) in [5.41, 5.74) is 3.24. The van der Waals surface area contributed by atoms with Crippen molar-refractivity contribution in [2.45, 2.75) is 33.1 Å². The van der Waals surface area contributed by atoms with Gasteiger partial charge in [0.2, 0.25) is 0 Å². The first-order valence-corrected chi connectivity index (χ1v) is 9.64. The van der Waals surface area contributed by atoms with E-state index in [0.717, 1.165) is 55.3 Å². The second kappa shape index (κ2) is 9.21. The number of rotatable bonds is 9. The molecule has 0 unspecified atom stereocenters. The Morgan fingerprint density at radius 1 is 0.926 bits per heavy atom. The summed E-state index contributed by atoms with van der Waals surface area (Å²) >= 11 is 0. The fourth-order valence-electron chi connectivity index (χ4n) is 3.28. The van der Waals surface area contributed by atoms with Crippen LogP contribution in [-0.2, 0) is 6.42 Å². The fraction of sp³-hybridized carbons (Fsp3) is 0.364. The molecule has 0 bridgehead atoms. The maximum absolute atomic E-state index is 5.27. The summed E-state index contributed by atoms with van der Waals surface area (Å²) in [7, 11) is 1.69. The number of aromatic nitrogens is 3. The van der Waals surface area contributed by atoms with E-state index in [1.807, 2.05) is 35.0 Å². The predicted molar refractivity (Wildman–Crippen MR) is 110 cm³/mol. The summed E-state index contributed by atoms with van der Waals surface area (Å²) in [6.07, 6.45) is 2.92. The van der Waals surface area contributed by atoms with E-state index in [2.05, 4.69) is 53.3 Å². The number of benzene rings is 2. The molecule has 1 heterocycles. The molecule has 3 aromatic rings. The molecule has 0 aliphatic carbocycles. The van der Waals surface area contributed by atoms with Crippen LogP contribution in [0.3, 0.4) is 0 Å². The number of hydrogen-bond donors (Lipinski definition) is 0. The van der Waals surface area contributed by atoms with Gasteiger partial charge in [-0.05, 0) is 42.7 Å². The standard InChI is InChI=1S/C22H28N4O/c1-4-15-25(16-5-2)22-21(17-18-11-13-20(27-3)14-12-18)23-24-26(22)19-9-7-6-8-10-19/h6-14H,4-5,15-17H2,1-3H3. The topological polar surface area (TPSA) is 43.2 Å². The van der Waals surface area contributed by atoms with E-state index in [-0.39, 0.29) is 0 Å². The van der Waals surface area contributed by atoms with Crippen LogP contribution in [0.5, 0.6) is 5.75 Å². The molecule has 0 aliphatic heterocycles. The minimum atomic E-state index is 0.746. The van der Waals surface area contributed by atoms with Gasteiger partial charge in [-0.1, -0.05) is 49.4 Å². The van der Waals surface area contributed by atoms with E-state index < -0.39 is 0 Å². The van der Waals surface area contributed by atoms with Crippen molar-refractivity contribution in [1.82, 2.24) is 15.0 Å². The van der Waals surface area contributed by atoms with E-state index in [0.29, 0.717) is 0 Å². The molecule has 0 fully saturated rings. The lowest BCUT2D eigenvalue weighted by atomic mass is 10.1. The number of ether oxygens (including phenoxy) is 1. The highest BCUT2D eigenvalue weighted by molar-refractivity contribution is 5.51. The van der Waals surface area contributed by atoms with Crippen molar-refractivity contribution in [3.63, 3.8) is 0 Å². The van der Waals surface area contributed by atoms with Gasteiger partial charge in [-0.3, -0.25) is 0 Å².